The standard InChI is InChI=1S/C21H17N3O3/c1-3-23(16-7-5-4-6-8-16)18-19(21(27)20(18)26)24(14(2)25)17-11-9-15(13-22)10-12-17/h4-12H,3H2,1-2H3. The first-order chi connectivity index (χ1) is 13.0. The van der Waals surface area contributed by atoms with Gasteiger partial charge in [-0.05, 0) is 43.3 Å². The summed E-state index contributed by atoms with van der Waals surface area (Å²) >= 11 is 0. The third kappa shape index (κ3) is 3.11. The summed E-state index contributed by atoms with van der Waals surface area (Å²) in [6, 6.07) is 17.5. The highest BCUT2D eigenvalue weighted by Gasteiger charge is 2.32. The second-order valence-electron chi connectivity index (χ2n) is 5.95. The highest BCUT2D eigenvalue weighted by atomic mass is 16.2. The van der Waals surface area contributed by atoms with Crippen molar-refractivity contribution in [2.75, 3.05) is 16.3 Å². The van der Waals surface area contributed by atoms with Crippen LogP contribution in [0.2, 0.25) is 0 Å². The molecule has 3 aromatic rings. The Hall–Kier alpha value is -3.72. The molecule has 6 heteroatoms. The monoisotopic (exact) mass is 359 g/mol. The minimum Gasteiger partial charge on any atom is -0.337 e. The molecule has 0 bridgehead atoms. The van der Waals surface area contributed by atoms with Crippen molar-refractivity contribution >= 4 is 28.7 Å². The zero-order valence-electron chi connectivity index (χ0n) is 15.0. The van der Waals surface area contributed by atoms with Gasteiger partial charge in [-0.1, -0.05) is 18.2 Å². The fourth-order valence-electron chi connectivity index (χ4n) is 3.06. The summed E-state index contributed by atoms with van der Waals surface area (Å²) in [5.74, 6) is -0.392. The minimum absolute atomic E-state index is 0.0583. The number of carbonyl (C=O) groups excluding carboxylic acids is 1. The van der Waals surface area contributed by atoms with Crippen LogP contribution in [0.15, 0.2) is 64.2 Å². The van der Waals surface area contributed by atoms with E-state index in [1.165, 1.54) is 11.8 Å². The molecule has 134 valence electrons. The molecule has 0 N–H and O–H groups in total. The Balaban J connectivity index is 2.14. The number of rotatable bonds is 5. The van der Waals surface area contributed by atoms with Crippen molar-refractivity contribution in [1.29, 1.82) is 5.26 Å². The van der Waals surface area contributed by atoms with E-state index in [-0.39, 0.29) is 11.4 Å². The van der Waals surface area contributed by atoms with Gasteiger partial charge in [-0.25, -0.2) is 0 Å². The number of carbonyl (C=O) groups is 1. The third-order valence-corrected chi connectivity index (χ3v) is 4.31. The van der Waals surface area contributed by atoms with Gasteiger partial charge in [0.05, 0.1) is 11.6 Å². The molecule has 0 aromatic heterocycles. The summed E-state index contributed by atoms with van der Waals surface area (Å²) in [5.41, 5.74) is 0.577. The molecule has 0 unspecified atom stereocenters. The molecular weight excluding hydrogens is 342 g/mol. The molecule has 0 radical (unpaired) electrons. The third-order valence-electron chi connectivity index (χ3n) is 4.31. The van der Waals surface area contributed by atoms with Crippen LogP contribution in [0, 0.1) is 11.3 Å². The molecule has 0 aliphatic carbocycles. The van der Waals surface area contributed by atoms with Gasteiger partial charge in [-0.15, -0.1) is 0 Å². The van der Waals surface area contributed by atoms with E-state index < -0.39 is 16.8 Å². The number of nitrogens with zero attached hydrogens (tertiary/aromatic N) is 3. The van der Waals surface area contributed by atoms with Crippen molar-refractivity contribution in [3.05, 3.63) is 80.6 Å². The van der Waals surface area contributed by atoms with Crippen LogP contribution >= 0.6 is 0 Å². The summed E-state index contributed by atoms with van der Waals surface area (Å²) in [5, 5.41) is 8.95. The molecule has 0 saturated heterocycles. The van der Waals surface area contributed by atoms with Gasteiger partial charge in [0.15, 0.2) is 0 Å². The zero-order chi connectivity index (χ0) is 19.6. The number of hydrogen-bond acceptors (Lipinski definition) is 5. The molecule has 0 saturated carbocycles. The summed E-state index contributed by atoms with van der Waals surface area (Å²) in [6.45, 7) is 3.66. The quantitative estimate of drug-likeness (QED) is 0.654. The van der Waals surface area contributed by atoms with Gasteiger partial charge in [0, 0.05) is 24.8 Å². The average molecular weight is 359 g/mol. The normalized spacial score (nSPS) is 10.4. The van der Waals surface area contributed by atoms with Gasteiger partial charge in [0.25, 0.3) is 10.9 Å². The summed E-state index contributed by atoms with van der Waals surface area (Å²) < 4.78 is 0. The van der Waals surface area contributed by atoms with Crippen LogP contribution in [0.25, 0.3) is 0 Å². The van der Waals surface area contributed by atoms with Crippen LogP contribution in [0.4, 0.5) is 22.7 Å². The summed E-state index contributed by atoms with van der Waals surface area (Å²) in [6.07, 6.45) is 0. The Morgan fingerprint density at radius 3 is 2.04 bits per heavy atom. The van der Waals surface area contributed by atoms with Crippen molar-refractivity contribution in [2.24, 2.45) is 0 Å². The molecule has 3 aromatic carbocycles. The molecule has 0 fully saturated rings. The van der Waals surface area contributed by atoms with Crippen LogP contribution in [0.1, 0.15) is 19.4 Å². The maximum Gasteiger partial charge on any atom is 0.254 e. The number of para-hydroxylation sites is 1. The Kier molecular flexibility index (Phi) is 4.86. The van der Waals surface area contributed by atoms with Gasteiger partial charge < -0.3 is 4.90 Å². The Bertz CT molecular complexity index is 1090. The van der Waals surface area contributed by atoms with Crippen LogP contribution < -0.4 is 20.7 Å². The van der Waals surface area contributed by atoms with Crippen LogP contribution in [0.5, 0.6) is 0 Å². The smallest absolute Gasteiger partial charge is 0.254 e. The zero-order valence-corrected chi connectivity index (χ0v) is 15.0. The van der Waals surface area contributed by atoms with Crippen molar-refractivity contribution in [3.63, 3.8) is 0 Å². The number of nitriles is 1. The predicted molar refractivity (Wildman–Crippen MR) is 104 cm³/mol. The van der Waals surface area contributed by atoms with E-state index in [0.717, 1.165) is 5.69 Å². The van der Waals surface area contributed by atoms with Crippen molar-refractivity contribution < 1.29 is 4.79 Å². The topological polar surface area (TPSA) is 81.5 Å². The van der Waals surface area contributed by atoms with Crippen molar-refractivity contribution in [2.45, 2.75) is 13.8 Å². The van der Waals surface area contributed by atoms with E-state index in [1.807, 2.05) is 43.3 Å². The lowest BCUT2D eigenvalue weighted by Crippen LogP contribution is -2.45. The minimum atomic E-state index is -0.695. The van der Waals surface area contributed by atoms with E-state index in [0.29, 0.717) is 17.8 Å². The predicted octanol–water partition coefficient (Wildman–Crippen LogP) is 3.00. The Morgan fingerprint density at radius 1 is 0.926 bits per heavy atom. The number of anilines is 4. The van der Waals surface area contributed by atoms with Crippen LogP contribution in [0.3, 0.4) is 0 Å². The average Bonchev–Trinajstić information content (AvgIpc) is 2.71. The first kappa shape index (κ1) is 18.1. The lowest BCUT2D eigenvalue weighted by molar-refractivity contribution is -0.115. The fraction of sp³-hybridized carbons (Fsp3) is 0.143. The van der Waals surface area contributed by atoms with Gasteiger partial charge in [0.2, 0.25) is 5.91 Å². The highest BCUT2D eigenvalue weighted by Crippen LogP contribution is 2.34. The molecule has 6 nitrogen and oxygen atoms in total. The summed E-state index contributed by atoms with van der Waals surface area (Å²) in [7, 11) is 0. The number of benzene rings is 2. The number of amides is 1. The van der Waals surface area contributed by atoms with E-state index in [4.69, 9.17) is 5.26 Å². The van der Waals surface area contributed by atoms with Crippen LogP contribution in [-0.2, 0) is 4.79 Å². The van der Waals surface area contributed by atoms with Gasteiger partial charge in [-0.3, -0.25) is 19.3 Å². The van der Waals surface area contributed by atoms with Gasteiger partial charge in [-0.2, -0.15) is 5.26 Å². The molecule has 0 aliphatic rings. The largest absolute Gasteiger partial charge is 0.337 e. The molecule has 0 heterocycles. The molecule has 1 amide bonds. The van der Waals surface area contributed by atoms with E-state index in [2.05, 4.69) is 0 Å². The SMILES string of the molecule is CCN(c1ccccc1)c1c(N(C(C)=O)c2ccc(C#N)cc2)c(=O)c1=O. The molecule has 0 spiro atoms. The highest BCUT2D eigenvalue weighted by molar-refractivity contribution is 6.04. The van der Waals surface area contributed by atoms with Gasteiger partial charge >= 0.3 is 0 Å². The summed E-state index contributed by atoms with van der Waals surface area (Å²) in [4.78, 5) is 40.0. The Labute approximate surface area is 156 Å². The van der Waals surface area contributed by atoms with Gasteiger partial charge in [0.1, 0.15) is 11.4 Å². The lowest BCUT2D eigenvalue weighted by atomic mass is 10.1. The van der Waals surface area contributed by atoms with Crippen molar-refractivity contribution in [1.82, 2.24) is 0 Å². The fourth-order valence-corrected chi connectivity index (χ4v) is 3.06. The maximum absolute atomic E-state index is 12.4. The maximum atomic E-state index is 12.4. The van der Waals surface area contributed by atoms with E-state index in [1.54, 1.807) is 29.2 Å². The first-order valence-electron chi connectivity index (χ1n) is 8.46. The second kappa shape index (κ2) is 7.26. The lowest BCUT2D eigenvalue weighted by Gasteiger charge is -2.31. The molecular formula is C21H17N3O3. The van der Waals surface area contributed by atoms with Crippen LogP contribution in [-0.4, -0.2) is 12.5 Å². The molecule has 0 aliphatic heterocycles. The first-order valence-corrected chi connectivity index (χ1v) is 8.46. The Morgan fingerprint density at radius 2 is 1.52 bits per heavy atom. The van der Waals surface area contributed by atoms with E-state index in [9.17, 15) is 14.4 Å². The number of hydrogen-bond donors (Lipinski definition) is 0. The van der Waals surface area contributed by atoms with E-state index >= 15 is 0 Å². The molecule has 0 atom stereocenters. The van der Waals surface area contributed by atoms with Crippen molar-refractivity contribution in [3.8, 4) is 6.07 Å². The molecule has 3 rings (SSSR count). The molecule has 27 heavy (non-hydrogen) atoms. The second-order valence-corrected chi connectivity index (χ2v) is 5.95.